The summed E-state index contributed by atoms with van der Waals surface area (Å²) in [5, 5.41) is 0. The highest BCUT2D eigenvalue weighted by atomic mass is 32.1. The molecule has 1 fully saturated rings. The normalized spacial score (nSPS) is 17.9. The SMILES string of the molecule is CC(=O)C(C(N)=O)C(=S)N1CCCC1. The van der Waals surface area contributed by atoms with Crippen LogP contribution in [0.25, 0.3) is 0 Å². The molecule has 0 radical (unpaired) electrons. The molecule has 1 rings (SSSR count). The molecule has 1 atom stereocenters. The van der Waals surface area contributed by atoms with Crippen LogP contribution in [-0.2, 0) is 9.59 Å². The first-order chi connectivity index (χ1) is 6.54. The summed E-state index contributed by atoms with van der Waals surface area (Å²) in [5.74, 6) is -1.83. The van der Waals surface area contributed by atoms with E-state index in [0.29, 0.717) is 4.99 Å². The van der Waals surface area contributed by atoms with Crippen LogP contribution in [0, 0.1) is 5.92 Å². The van der Waals surface area contributed by atoms with Gasteiger partial charge in [0.15, 0.2) is 0 Å². The predicted octanol–water partition coefficient (Wildman–Crippen LogP) is 0.100. The number of nitrogens with two attached hydrogens (primary N) is 1. The minimum atomic E-state index is -0.914. The number of rotatable bonds is 3. The van der Waals surface area contributed by atoms with E-state index in [1.54, 1.807) is 0 Å². The third-order valence-corrected chi connectivity index (χ3v) is 2.85. The molecule has 0 saturated carbocycles. The summed E-state index contributed by atoms with van der Waals surface area (Å²) in [7, 11) is 0. The van der Waals surface area contributed by atoms with Gasteiger partial charge in [-0.1, -0.05) is 12.2 Å². The topological polar surface area (TPSA) is 63.4 Å². The largest absolute Gasteiger partial charge is 0.369 e. The standard InChI is InChI=1S/C9H14N2O2S/c1-6(12)7(8(10)13)9(14)11-4-2-3-5-11/h7H,2-5H2,1H3,(H2,10,13). The fourth-order valence-electron chi connectivity index (χ4n) is 1.62. The van der Waals surface area contributed by atoms with E-state index in [9.17, 15) is 9.59 Å². The average Bonchev–Trinajstić information content (AvgIpc) is 2.53. The van der Waals surface area contributed by atoms with E-state index in [2.05, 4.69) is 0 Å². The zero-order chi connectivity index (χ0) is 10.7. The Kier molecular flexibility index (Phi) is 3.57. The van der Waals surface area contributed by atoms with Crippen LogP contribution in [0.1, 0.15) is 19.8 Å². The Hall–Kier alpha value is -0.970. The molecule has 0 aromatic rings. The summed E-state index contributed by atoms with van der Waals surface area (Å²) in [6.07, 6.45) is 2.12. The smallest absolute Gasteiger partial charge is 0.234 e. The van der Waals surface area contributed by atoms with Gasteiger partial charge in [-0.05, 0) is 19.8 Å². The maximum absolute atomic E-state index is 11.2. The van der Waals surface area contributed by atoms with Crippen molar-refractivity contribution in [2.45, 2.75) is 19.8 Å². The number of Topliss-reactive ketones (excluding diaryl/α,β-unsaturated/α-hetero) is 1. The summed E-state index contributed by atoms with van der Waals surface area (Å²) in [5.41, 5.74) is 5.13. The van der Waals surface area contributed by atoms with Gasteiger partial charge in [0.25, 0.3) is 0 Å². The lowest BCUT2D eigenvalue weighted by Gasteiger charge is -2.22. The molecule has 4 nitrogen and oxygen atoms in total. The van der Waals surface area contributed by atoms with E-state index in [1.165, 1.54) is 6.92 Å². The van der Waals surface area contributed by atoms with E-state index in [1.807, 2.05) is 4.90 Å². The Morgan fingerprint density at radius 2 is 1.86 bits per heavy atom. The van der Waals surface area contributed by atoms with Crippen LogP contribution in [0.3, 0.4) is 0 Å². The molecule has 0 bridgehead atoms. The molecule has 1 aliphatic rings. The second-order valence-corrected chi connectivity index (χ2v) is 3.90. The fraction of sp³-hybridized carbons (Fsp3) is 0.667. The molecule has 14 heavy (non-hydrogen) atoms. The van der Waals surface area contributed by atoms with Crippen molar-refractivity contribution >= 4 is 28.9 Å². The van der Waals surface area contributed by atoms with Crippen molar-refractivity contribution in [3.05, 3.63) is 0 Å². The summed E-state index contributed by atoms with van der Waals surface area (Å²) in [6, 6.07) is 0. The number of thiocarbonyl (C=S) groups is 1. The van der Waals surface area contributed by atoms with Crippen LogP contribution in [0.2, 0.25) is 0 Å². The lowest BCUT2D eigenvalue weighted by molar-refractivity contribution is -0.128. The number of hydrogen-bond acceptors (Lipinski definition) is 3. The molecule has 1 aliphatic heterocycles. The van der Waals surface area contributed by atoms with Gasteiger partial charge in [-0.25, -0.2) is 0 Å². The Morgan fingerprint density at radius 3 is 2.21 bits per heavy atom. The van der Waals surface area contributed by atoms with Crippen LogP contribution in [0.5, 0.6) is 0 Å². The van der Waals surface area contributed by atoms with Crippen molar-refractivity contribution in [1.29, 1.82) is 0 Å². The maximum Gasteiger partial charge on any atom is 0.234 e. The molecule has 0 aromatic carbocycles. The van der Waals surface area contributed by atoms with Crippen molar-refractivity contribution in [3.63, 3.8) is 0 Å². The molecule has 1 unspecified atom stereocenters. The summed E-state index contributed by atoms with van der Waals surface area (Å²) < 4.78 is 0. The number of ketones is 1. The van der Waals surface area contributed by atoms with Crippen molar-refractivity contribution < 1.29 is 9.59 Å². The molecule has 5 heteroatoms. The van der Waals surface area contributed by atoms with Gasteiger partial charge in [0.05, 0.1) is 4.99 Å². The molecule has 0 aliphatic carbocycles. The zero-order valence-corrected chi connectivity index (χ0v) is 8.97. The molecule has 1 heterocycles. The molecule has 0 spiro atoms. The van der Waals surface area contributed by atoms with Crippen LogP contribution < -0.4 is 5.73 Å². The number of primary amides is 1. The fourth-order valence-corrected chi connectivity index (χ4v) is 2.08. The van der Waals surface area contributed by atoms with E-state index in [0.717, 1.165) is 25.9 Å². The van der Waals surface area contributed by atoms with E-state index >= 15 is 0 Å². The minimum absolute atomic E-state index is 0.269. The number of carbonyl (C=O) groups is 2. The first kappa shape index (κ1) is 11.1. The number of carbonyl (C=O) groups excluding carboxylic acids is 2. The third kappa shape index (κ3) is 2.29. The lowest BCUT2D eigenvalue weighted by atomic mass is 10.0. The molecule has 78 valence electrons. The van der Waals surface area contributed by atoms with Crippen molar-refractivity contribution in [2.24, 2.45) is 11.7 Å². The molecule has 2 N–H and O–H groups in total. The molecular weight excluding hydrogens is 200 g/mol. The second-order valence-electron chi connectivity index (χ2n) is 3.48. The van der Waals surface area contributed by atoms with E-state index in [-0.39, 0.29) is 5.78 Å². The number of likely N-dealkylation sites (tertiary alicyclic amines) is 1. The van der Waals surface area contributed by atoms with Crippen molar-refractivity contribution in [2.75, 3.05) is 13.1 Å². The molecular formula is C9H14N2O2S. The van der Waals surface area contributed by atoms with Crippen LogP contribution in [-0.4, -0.2) is 34.7 Å². The highest BCUT2D eigenvalue weighted by Gasteiger charge is 2.30. The van der Waals surface area contributed by atoms with Gasteiger partial charge in [0.1, 0.15) is 11.7 Å². The Bertz CT molecular complexity index is 258. The van der Waals surface area contributed by atoms with Crippen LogP contribution >= 0.6 is 12.2 Å². The number of hydrogen-bond donors (Lipinski definition) is 1. The first-order valence-corrected chi connectivity index (χ1v) is 5.03. The average molecular weight is 214 g/mol. The van der Waals surface area contributed by atoms with Gasteiger partial charge in [0.2, 0.25) is 5.91 Å². The molecule has 1 saturated heterocycles. The van der Waals surface area contributed by atoms with Gasteiger partial charge in [0, 0.05) is 13.1 Å². The zero-order valence-electron chi connectivity index (χ0n) is 8.16. The summed E-state index contributed by atoms with van der Waals surface area (Å²) in [6.45, 7) is 3.00. The van der Waals surface area contributed by atoms with E-state index in [4.69, 9.17) is 18.0 Å². The number of nitrogens with zero attached hydrogens (tertiary/aromatic N) is 1. The van der Waals surface area contributed by atoms with Gasteiger partial charge < -0.3 is 10.6 Å². The molecule has 1 amide bonds. The highest BCUT2D eigenvalue weighted by Crippen LogP contribution is 2.14. The quantitative estimate of drug-likeness (QED) is 0.534. The molecule has 0 aromatic heterocycles. The van der Waals surface area contributed by atoms with Crippen LogP contribution in [0.15, 0.2) is 0 Å². The third-order valence-electron chi connectivity index (χ3n) is 2.36. The van der Waals surface area contributed by atoms with Crippen molar-refractivity contribution in [3.8, 4) is 0 Å². The predicted molar refractivity (Wildman–Crippen MR) is 56.8 cm³/mol. The first-order valence-electron chi connectivity index (χ1n) is 4.62. The van der Waals surface area contributed by atoms with Gasteiger partial charge >= 0.3 is 0 Å². The number of amides is 1. The lowest BCUT2D eigenvalue weighted by Crippen LogP contribution is -2.42. The van der Waals surface area contributed by atoms with Gasteiger partial charge in [-0.3, -0.25) is 9.59 Å². The highest BCUT2D eigenvalue weighted by molar-refractivity contribution is 7.80. The van der Waals surface area contributed by atoms with Gasteiger partial charge in [-0.15, -0.1) is 0 Å². The Labute approximate surface area is 88.4 Å². The maximum atomic E-state index is 11.2. The second kappa shape index (κ2) is 4.50. The van der Waals surface area contributed by atoms with Crippen molar-refractivity contribution in [1.82, 2.24) is 4.90 Å². The summed E-state index contributed by atoms with van der Waals surface area (Å²) in [4.78, 5) is 24.5. The monoisotopic (exact) mass is 214 g/mol. The Balaban J connectivity index is 2.72. The minimum Gasteiger partial charge on any atom is -0.369 e. The van der Waals surface area contributed by atoms with Crippen LogP contribution in [0.4, 0.5) is 0 Å². The van der Waals surface area contributed by atoms with Gasteiger partial charge in [-0.2, -0.15) is 0 Å². The van der Waals surface area contributed by atoms with E-state index < -0.39 is 11.8 Å². The Morgan fingerprint density at radius 1 is 1.36 bits per heavy atom. The summed E-state index contributed by atoms with van der Waals surface area (Å²) >= 11 is 5.09.